The van der Waals surface area contributed by atoms with Crippen molar-refractivity contribution in [1.82, 2.24) is 0 Å². The van der Waals surface area contributed by atoms with Crippen LogP contribution in [0.5, 0.6) is 0 Å². The molecule has 1 aromatic rings. The van der Waals surface area contributed by atoms with Crippen molar-refractivity contribution in [3.05, 3.63) is 77.4 Å². The van der Waals surface area contributed by atoms with Gasteiger partial charge in [-0.05, 0) is 55.5 Å². The van der Waals surface area contributed by atoms with E-state index in [-0.39, 0.29) is 0 Å². The molecule has 0 fully saturated rings. The minimum atomic E-state index is 1.24. The van der Waals surface area contributed by atoms with E-state index in [4.69, 9.17) is 0 Å². The molecule has 0 radical (unpaired) electrons. The maximum atomic E-state index is 3.82. The van der Waals surface area contributed by atoms with Gasteiger partial charge in [0, 0.05) is 0 Å². The van der Waals surface area contributed by atoms with Crippen molar-refractivity contribution >= 4 is 5.57 Å². The van der Waals surface area contributed by atoms with Gasteiger partial charge >= 0.3 is 0 Å². The molecule has 0 unspecified atom stereocenters. The Labute approximate surface area is 111 Å². The molecular formula is C18H22. The molecule has 0 atom stereocenters. The molecule has 0 N–H and O–H groups in total. The molecule has 0 saturated heterocycles. The van der Waals surface area contributed by atoms with Crippen molar-refractivity contribution in [2.75, 3.05) is 0 Å². The third-order valence-corrected chi connectivity index (χ3v) is 3.16. The first-order chi connectivity index (χ1) is 8.65. The van der Waals surface area contributed by atoms with Gasteiger partial charge in [-0.15, -0.1) is 0 Å². The van der Waals surface area contributed by atoms with Gasteiger partial charge in [-0.1, -0.05) is 55.1 Å². The molecule has 0 aliphatic rings. The topological polar surface area (TPSA) is 0 Å². The van der Waals surface area contributed by atoms with Gasteiger partial charge in [0.05, 0.1) is 0 Å². The summed E-state index contributed by atoms with van der Waals surface area (Å²) in [6, 6.07) is 8.48. The molecule has 0 aliphatic heterocycles. The lowest BCUT2D eigenvalue weighted by molar-refractivity contribution is 1.36. The molecular weight excluding hydrogens is 216 g/mol. The third kappa shape index (κ3) is 3.10. The molecule has 0 aromatic heterocycles. The first-order valence-corrected chi connectivity index (χ1v) is 6.34. The maximum absolute atomic E-state index is 3.82. The van der Waals surface area contributed by atoms with Gasteiger partial charge in [-0.2, -0.15) is 0 Å². The van der Waals surface area contributed by atoms with Crippen LogP contribution in [0.3, 0.4) is 0 Å². The molecule has 0 nitrogen and oxygen atoms in total. The average molecular weight is 238 g/mol. The zero-order valence-corrected chi connectivity index (χ0v) is 11.8. The summed E-state index contributed by atoms with van der Waals surface area (Å²) >= 11 is 0. The smallest absolute Gasteiger partial charge is 0.0149 e. The second kappa shape index (κ2) is 6.80. The molecule has 0 saturated carbocycles. The Kier molecular flexibility index (Phi) is 5.38. The van der Waals surface area contributed by atoms with Crippen molar-refractivity contribution in [1.29, 1.82) is 0 Å². The summed E-state index contributed by atoms with van der Waals surface area (Å²) in [7, 11) is 0. The number of hydrogen-bond donors (Lipinski definition) is 0. The van der Waals surface area contributed by atoms with Crippen LogP contribution in [0.4, 0.5) is 0 Å². The number of allylic oxidation sites excluding steroid dienone is 7. The monoisotopic (exact) mass is 238 g/mol. The third-order valence-electron chi connectivity index (χ3n) is 3.16. The van der Waals surface area contributed by atoms with E-state index < -0.39 is 0 Å². The molecule has 0 spiro atoms. The Bertz CT molecular complexity index is 511. The van der Waals surface area contributed by atoms with E-state index in [0.29, 0.717) is 0 Å². The Balaban J connectivity index is 3.39. The van der Waals surface area contributed by atoms with E-state index in [1.165, 1.54) is 27.8 Å². The maximum Gasteiger partial charge on any atom is -0.0149 e. The molecule has 94 valence electrons. The second-order valence-electron chi connectivity index (χ2n) is 4.31. The van der Waals surface area contributed by atoms with Gasteiger partial charge in [0.1, 0.15) is 0 Å². The predicted molar refractivity (Wildman–Crippen MR) is 82.5 cm³/mol. The van der Waals surface area contributed by atoms with Crippen LogP contribution in [0.25, 0.3) is 5.57 Å². The number of aryl methyl sites for hydroxylation is 1. The van der Waals surface area contributed by atoms with Gasteiger partial charge in [-0.25, -0.2) is 0 Å². The van der Waals surface area contributed by atoms with Crippen LogP contribution in [-0.4, -0.2) is 0 Å². The summed E-state index contributed by atoms with van der Waals surface area (Å²) in [6.07, 6.45) is 8.24. The zero-order chi connectivity index (χ0) is 13.5. The predicted octanol–water partition coefficient (Wildman–Crippen LogP) is 5.48. The van der Waals surface area contributed by atoms with Gasteiger partial charge < -0.3 is 0 Å². The Morgan fingerprint density at radius 3 is 2.28 bits per heavy atom. The molecule has 0 aliphatic carbocycles. The lowest BCUT2D eigenvalue weighted by Crippen LogP contribution is -1.94. The standard InChI is InChI=1S/C18H22/c1-6-11-17(14(4)7-2)16(8-3)18-13-10-9-12-15(18)5/h6-13H,1H2,2-5H3/b14-7-,16-8+,17-11+. The van der Waals surface area contributed by atoms with Gasteiger partial charge in [0.15, 0.2) is 0 Å². The van der Waals surface area contributed by atoms with E-state index in [2.05, 4.69) is 76.8 Å². The van der Waals surface area contributed by atoms with Gasteiger partial charge in [0.2, 0.25) is 0 Å². The molecule has 1 aromatic carbocycles. The highest BCUT2D eigenvalue weighted by atomic mass is 14.1. The van der Waals surface area contributed by atoms with Crippen LogP contribution < -0.4 is 0 Å². The number of rotatable bonds is 4. The fraction of sp³-hybridized carbons (Fsp3) is 0.222. The van der Waals surface area contributed by atoms with Crippen molar-refractivity contribution in [2.45, 2.75) is 27.7 Å². The molecule has 1 rings (SSSR count). The van der Waals surface area contributed by atoms with Crippen molar-refractivity contribution in [2.24, 2.45) is 0 Å². The fourth-order valence-corrected chi connectivity index (χ4v) is 2.04. The second-order valence-corrected chi connectivity index (χ2v) is 4.31. The van der Waals surface area contributed by atoms with Crippen LogP contribution in [0.15, 0.2) is 66.3 Å². The van der Waals surface area contributed by atoms with Gasteiger partial charge in [0.25, 0.3) is 0 Å². The summed E-state index contributed by atoms with van der Waals surface area (Å²) < 4.78 is 0. The van der Waals surface area contributed by atoms with E-state index in [1.54, 1.807) is 0 Å². The van der Waals surface area contributed by atoms with E-state index >= 15 is 0 Å². The fourth-order valence-electron chi connectivity index (χ4n) is 2.04. The summed E-state index contributed by atoms with van der Waals surface area (Å²) in [6.45, 7) is 12.3. The molecule has 0 bridgehead atoms. The van der Waals surface area contributed by atoms with Crippen LogP contribution >= 0.6 is 0 Å². The summed E-state index contributed by atoms with van der Waals surface area (Å²) in [5.74, 6) is 0. The number of hydrogen-bond acceptors (Lipinski definition) is 0. The summed E-state index contributed by atoms with van der Waals surface area (Å²) in [4.78, 5) is 0. The average Bonchev–Trinajstić information content (AvgIpc) is 2.39. The van der Waals surface area contributed by atoms with Gasteiger partial charge in [-0.3, -0.25) is 0 Å². The summed E-state index contributed by atoms with van der Waals surface area (Å²) in [5.41, 5.74) is 6.36. The van der Waals surface area contributed by atoms with Crippen molar-refractivity contribution in [3.8, 4) is 0 Å². The Hall–Kier alpha value is -1.82. The quantitative estimate of drug-likeness (QED) is 0.609. The highest BCUT2D eigenvalue weighted by Gasteiger charge is 2.09. The first kappa shape index (κ1) is 14.2. The van der Waals surface area contributed by atoms with Crippen LogP contribution in [0, 0.1) is 6.92 Å². The Morgan fingerprint density at radius 1 is 1.11 bits per heavy atom. The van der Waals surface area contributed by atoms with Crippen molar-refractivity contribution in [3.63, 3.8) is 0 Å². The van der Waals surface area contributed by atoms with Crippen molar-refractivity contribution < 1.29 is 0 Å². The first-order valence-electron chi connectivity index (χ1n) is 6.34. The van der Waals surface area contributed by atoms with Crippen LogP contribution in [0.2, 0.25) is 0 Å². The molecule has 0 heteroatoms. The SMILES string of the molecule is C=C/C=C(C(\C)=C/C)/C(=C\C)c1ccccc1C. The van der Waals surface area contributed by atoms with Crippen LogP contribution in [0.1, 0.15) is 31.9 Å². The molecule has 0 amide bonds. The van der Waals surface area contributed by atoms with E-state index in [9.17, 15) is 0 Å². The normalized spacial score (nSPS) is 13.7. The summed E-state index contributed by atoms with van der Waals surface area (Å²) in [5, 5.41) is 0. The zero-order valence-electron chi connectivity index (χ0n) is 11.8. The Morgan fingerprint density at radius 2 is 1.78 bits per heavy atom. The van der Waals surface area contributed by atoms with E-state index in [1.807, 2.05) is 6.08 Å². The highest BCUT2D eigenvalue weighted by Crippen LogP contribution is 2.30. The number of benzene rings is 1. The minimum absolute atomic E-state index is 1.24. The lowest BCUT2D eigenvalue weighted by atomic mass is 9.90. The van der Waals surface area contributed by atoms with Crippen LogP contribution in [-0.2, 0) is 0 Å². The molecule has 0 heterocycles. The highest BCUT2D eigenvalue weighted by molar-refractivity contribution is 5.84. The molecule has 18 heavy (non-hydrogen) atoms. The minimum Gasteiger partial charge on any atom is -0.0990 e. The lowest BCUT2D eigenvalue weighted by Gasteiger charge is -2.15. The van der Waals surface area contributed by atoms with E-state index in [0.717, 1.165) is 0 Å². The largest absolute Gasteiger partial charge is 0.0990 e.